The molecule has 6 heterocycles. The van der Waals surface area contributed by atoms with Crippen LogP contribution >= 0.6 is 11.6 Å². The average molecular weight is 1300 g/mol. The van der Waals surface area contributed by atoms with Crippen LogP contribution < -0.4 is 0 Å². The van der Waals surface area contributed by atoms with Gasteiger partial charge in [-0.2, -0.15) is 13.2 Å². The van der Waals surface area contributed by atoms with Crippen LogP contribution in [0.3, 0.4) is 0 Å². The molecule has 0 aromatic heterocycles. The monoisotopic (exact) mass is 1290 g/mol. The molecular weight excluding hydrogens is 1200 g/mol. The Morgan fingerprint density at radius 3 is 2.25 bits per heavy atom. The van der Waals surface area contributed by atoms with Gasteiger partial charge in [-0.05, 0) is 103 Å². The Balaban J connectivity index is 0.000000282. The topological polar surface area (TPSA) is 196 Å². The van der Waals surface area contributed by atoms with Gasteiger partial charge in [-0.15, -0.1) is 0 Å². The molecule has 91 heavy (non-hydrogen) atoms. The minimum atomic E-state index is -4.61. The van der Waals surface area contributed by atoms with Crippen LogP contribution in [0.15, 0.2) is 119 Å². The van der Waals surface area contributed by atoms with Gasteiger partial charge in [0.2, 0.25) is 0 Å². The van der Waals surface area contributed by atoms with E-state index in [4.69, 9.17) is 63.7 Å². The minimum Gasteiger partial charge on any atom is -0.462 e. The summed E-state index contributed by atoms with van der Waals surface area (Å²) in [5.41, 5.74) is 3.48. The molecule has 4 saturated heterocycles. The van der Waals surface area contributed by atoms with Crippen LogP contribution in [-0.4, -0.2) is 151 Å². The molecule has 22 atom stereocenters. The number of hydrogen-bond donors (Lipinski definition) is 3. The van der Waals surface area contributed by atoms with Gasteiger partial charge in [-0.1, -0.05) is 151 Å². The van der Waals surface area contributed by atoms with Gasteiger partial charge in [-0.3, -0.25) is 9.59 Å². The van der Waals surface area contributed by atoms with Gasteiger partial charge in [0, 0.05) is 51.7 Å². The zero-order chi connectivity index (χ0) is 66.1. The number of ether oxygens (including phenoxy) is 11. The quantitative estimate of drug-likeness (QED) is 0.126. The number of halogens is 4. The van der Waals surface area contributed by atoms with Crippen LogP contribution in [0.25, 0.3) is 11.1 Å². The number of fused-ring (bicyclic) bond motifs is 2. The van der Waals surface area contributed by atoms with Crippen LogP contribution in [0.5, 0.6) is 0 Å². The van der Waals surface area contributed by atoms with Crippen molar-refractivity contribution in [3.8, 4) is 11.1 Å². The fraction of sp³-hybridized carbons (Fsp3) is 0.634. The molecule has 5 fully saturated rings. The first-order chi connectivity index (χ1) is 43.0. The smallest absolute Gasteiger partial charge is 0.426 e. The third-order valence-corrected chi connectivity index (χ3v) is 20.5. The molecule has 6 aliphatic heterocycles. The molecule has 8 aliphatic rings. The lowest BCUT2D eigenvalue weighted by Gasteiger charge is -2.48. The number of methoxy groups -OCH3 is 2. The SMILES string of the molecule is CC[C@H](C)[C@H]1O[C@]2(C=C[C@@H]1C)C[C@@H]1C[C@@H](C/C=C(\C)[C@@H](O[C@H]3C[C@H](OC)[C@@H](O[C@H]4C[C@H](OC)[C@@H](O)[C@H](C)O4)[C@H](C)O3)[C@@H](C)/C=C/C=C3\CO[C@@H]4[C@H](O)C(C)=C[C@@H](C(=O)O1)[C@]34O)O2.Cc1c(COC(=O)[C@@H]2[C@H](/C=C(\Cl)C(F)(F)F)C2(C)C)cccc1-c1ccccc1. The van der Waals surface area contributed by atoms with Crippen molar-refractivity contribution < 1.29 is 90.2 Å². The highest BCUT2D eigenvalue weighted by molar-refractivity contribution is 6.30. The van der Waals surface area contributed by atoms with Crippen LogP contribution in [0, 0.1) is 47.8 Å². The zero-order valence-corrected chi connectivity index (χ0v) is 55.4. The van der Waals surface area contributed by atoms with Crippen molar-refractivity contribution in [3.63, 3.8) is 0 Å². The molecule has 1 saturated carbocycles. The number of allylic oxidation sites excluding steroid dienone is 4. The van der Waals surface area contributed by atoms with Crippen molar-refractivity contribution in [1.29, 1.82) is 0 Å². The van der Waals surface area contributed by atoms with Gasteiger partial charge in [0.15, 0.2) is 18.4 Å². The largest absolute Gasteiger partial charge is 0.462 e. The second-order valence-electron chi connectivity index (χ2n) is 26.9. The van der Waals surface area contributed by atoms with Gasteiger partial charge in [-0.25, -0.2) is 0 Å². The fourth-order valence-electron chi connectivity index (χ4n) is 14.3. The number of rotatable bonds is 13. The van der Waals surface area contributed by atoms with Gasteiger partial charge in [0.05, 0.1) is 55.3 Å². The molecular formula is C71H94ClF3O16. The summed E-state index contributed by atoms with van der Waals surface area (Å²) in [6.45, 7) is 21.6. The lowest BCUT2D eigenvalue weighted by atomic mass is 9.71. The van der Waals surface area contributed by atoms with Gasteiger partial charge < -0.3 is 67.4 Å². The van der Waals surface area contributed by atoms with E-state index in [0.29, 0.717) is 43.3 Å². The number of aliphatic hydroxyl groups is 3. The van der Waals surface area contributed by atoms with E-state index in [1.54, 1.807) is 54.1 Å². The Hall–Kier alpha value is -4.58. The van der Waals surface area contributed by atoms with E-state index in [1.165, 1.54) is 0 Å². The fourth-order valence-corrected chi connectivity index (χ4v) is 14.4. The molecule has 502 valence electrons. The Morgan fingerprint density at radius 2 is 1.56 bits per heavy atom. The summed E-state index contributed by atoms with van der Waals surface area (Å²) in [7, 11) is 3.22. The highest BCUT2D eigenvalue weighted by atomic mass is 35.5. The maximum absolute atomic E-state index is 14.3. The molecule has 10 rings (SSSR count). The lowest BCUT2D eigenvalue weighted by molar-refractivity contribution is -0.318. The van der Waals surface area contributed by atoms with Crippen LogP contribution in [0.1, 0.15) is 119 Å². The number of esters is 2. The number of hydrogen-bond acceptors (Lipinski definition) is 16. The van der Waals surface area contributed by atoms with Gasteiger partial charge in [0.25, 0.3) is 0 Å². The maximum atomic E-state index is 14.3. The summed E-state index contributed by atoms with van der Waals surface area (Å²) >= 11 is 5.34. The first-order valence-corrected chi connectivity index (χ1v) is 32.5. The average Bonchev–Trinajstić information content (AvgIpc) is 1.62. The molecule has 16 nitrogen and oxygen atoms in total. The molecule has 1 spiro atoms. The summed E-state index contributed by atoms with van der Waals surface area (Å²) in [6.07, 6.45) is 4.86. The number of alkyl halides is 3. The summed E-state index contributed by atoms with van der Waals surface area (Å²) in [4.78, 5) is 26.9. The Bertz CT molecular complexity index is 3050. The lowest BCUT2D eigenvalue weighted by Crippen LogP contribution is -2.58. The van der Waals surface area contributed by atoms with E-state index in [2.05, 4.69) is 39.8 Å². The van der Waals surface area contributed by atoms with E-state index in [-0.39, 0.29) is 49.3 Å². The highest BCUT2D eigenvalue weighted by Gasteiger charge is 2.63. The van der Waals surface area contributed by atoms with Crippen molar-refractivity contribution in [2.24, 2.45) is 40.9 Å². The van der Waals surface area contributed by atoms with Crippen LogP contribution in [0.2, 0.25) is 0 Å². The maximum Gasteiger partial charge on any atom is 0.426 e. The van der Waals surface area contributed by atoms with Crippen LogP contribution in [0.4, 0.5) is 13.2 Å². The normalized spacial score (nSPS) is 40.2. The highest BCUT2D eigenvalue weighted by Crippen LogP contribution is 2.61. The Morgan fingerprint density at radius 1 is 0.868 bits per heavy atom. The van der Waals surface area contributed by atoms with Crippen LogP contribution in [-0.2, 0) is 68.3 Å². The molecule has 0 unspecified atom stereocenters. The Kier molecular flexibility index (Phi) is 22.7. The molecule has 3 N–H and O–H groups in total. The minimum absolute atomic E-state index is 0.0317. The van der Waals surface area contributed by atoms with Crippen molar-refractivity contribution >= 4 is 23.5 Å². The molecule has 2 aliphatic carbocycles. The zero-order valence-electron chi connectivity index (χ0n) is 54.6. The van der Waals surface area contributed by atoms with E-state index in [0.717, 1.165) is 40.3 Å². The third-order valence-electron chi connectivity index (χ3n) is 20.2. The molecule has 2 bridgehead atoms. The predicted octanol–water partition coefficient (Wildman–Crippen LogP) is 12.0. The van der Waals surface area contributed by atoms with Crippen molar-refractivity contribution in [2.45, 2.75) is 225 Å². The van der Waals surface area contributed by atoms with Crippen molar-refractivity contribution in [2.75, 3.05) is 20.8 Å². The van der Waals surface area contributed by atoms with Gasteiger partial charge in [0.1, 0.15) is 53.7 Å². The predicted molar refractivity (Wildman–Crippen MR) is 334 cm³/mol. The van der Waals surface area contributed by atoms with Gasteiger partial charge >= 0.3 is 18.1 Å². The first-order valence-electron chi connectivity index (χ1n) is 32.1. The van der Waals surface area contributed by atoms with Crippen molar-refractivity contribution in [3.05, 3.63) is 130 Å². The van der Waals surface area contributed by atoms with E-state index < -0.39 is 125 Å². The van der Waals surface area contributed by atoms with E-state index >= 15 is 0 Å². The number of benzene rings is 2. The standard InChI is InChI=1S/C48H72O14.C23H22ClF3O2/c1-11-25(2)43-28(5)17-18-47(62-43)23-34-20-33(61-47)16-15-27(4)42(26(3)13-12-14-32-24-55-45-40(49)29(6)19-35(46(51)58-34)48(32,45)52)59-39-22-37(54-10)44(31(8)57-39)60-38-21-36(53-9)41(50)30(7)56-38;1-14-16(10-7-11-17(14)15-8-5-4-6-9-15)13-29-21(28)20-18(22(20,2)3)12-19(24)23(25,26)27/h12-15,17-19,25-26,28,30-31,33-45,49-50,52H,11,16,20-24H2,1-10H3;4-12,18,20H,13H2,1-3H3/b13-12+,27-15+,32-14+;19-12-/t25-,26-,28-,30-,31-,33+,34-,35-,36-,37-,38-,39-,40+,41-,42-,43+,44-,45+,47+,48+;18-,20-/m00/s1. The molecule has 20 heteroatoms. The molecule has 0 radical (unpaired) electrons. The van der Waals surface area contributed by atoms with E-state index in [1.807, 2.05) is 87.5 Å². The summed E-state index contributed by atoms with van der Waals surface area (Å²) in [5, 5.41) is 33.0. The Labute approximate surface area is 539 Å². The summed E-state index contributed by atoms with van der Waals surface area (Å²) in [5.74, 6) is -4.31. The second kappa shape index (κ2) is 29.2. The molecule has 2 aromatic carbocycles. The summed E-state index contributed by atoms with van der Waals surface area (Å²) in [6, 6.07) is 15.6. The van der Waals surface area contributed by atoms with Crippen molar-refractivity contribution in [1.82, 2.24) is 0 Å². The number of carbonyl (C=O) groups excluding carboxylic acids is 2. The third kappa shape index (κ3) is 15.6. The first kappa shape index (κ1) is 70.7. The van der Waals surface area contributed by atoms with E-state index in [9.17, 15) is 38.1 Å². The summed E-state index contributed by atoms with van der Waals surface area (Å²) < 4.78 is 107. The second-order valence-corrected chi connectivity index (χ2v) is 27.3. The molecule has 0 amide bonds. The molecule has 2 aromatic rings. The number of aliphatic hydroxyl groups excluding tert-OH is 2. The number of carbonyl (C=O) groups is 2.